The molecule has 3 rings (SSSR count). The molecule has 5 nitrogen and oxygen atoms in total. The number of aryl methyl sites for hydroxylation is 1. The van der Waals surface area contributed by atoms with Crippen molar-refractivity contribution in [1.82, 2.24) is 9.97 Å². The van der Waals surface area contributed by atoms with E-state index in [0.717, 1.165) is 17.1 Å². The number of aromatic nitrogens is 2. The van der Waals surface area contributed by atoms with Gasteiger partial charge in [0.2, 0.25) is 5.95 Å². The minimum atomic E-state index is 0.118. The molecular weight excluding hydrogens is 334 g/mol. The Morgan fingerprint density at radius 1 is 0.889 bits per heavy atom. The second-order valence-corrected chi connectivity index (χ2v) is 7.49. The van der Waals surface area contributed by atoms with Crippen LogP contribution in [0.3, 0.4) is 0 Å². The summed E-state index contributed by atoms with van der Waals surface area (Å²) >= 11 is 0. The van der Waals surface area contributed by atoms with E-state index < -0.39 is 0 Å². The van der Waals surface area contributed by atoms with Crippen LogP contribution < -0.4 is 10.6 Å². The second-order valence-electron chi connectivity index (χ2n) is 7.49. The number of nitriles is 1. The highest BCUT2D eigenvalue weighted by atomic mass is 15.1. The van der Waals surface area contributed by atoms with Gasteiger partial charge in [-0.1, -0.05) is 39.0 Å². The van der Waals surface area contributed by atoms with Crippen LogP contribution in [0.1, 0.15) is 37.6 Å². The van der Waals surface area contributed by atoms with E-state index in [1.807, 2.05) is 37.3 Å². The first kappa shape index (κ1) is 18.4. The van der Waals surface area contributed by atoms with E-state index in [0.29, 0.717) is 17.3 Å². The molecule has 3 aromatic rings. The SMILES string of the molecule is Cc1cc(Nc2cccc(C#N)c2)nc(Nc2ccc(C(C)(C)C)cc2)n1. The minimum Gasteiger partial charge on any atom is -0.340 e. The molecule has 1 heterocycles. The highest BCUT2D eigenvalue weighted by Crippen LogP contribution is 2.25. The van der Waals surface area contributed by atoms with Crippen LogP contribution in [0.5, 0.6) is 0 Å². The Bertz CT molecular complexity index is 979. The largest absolute Gasteiger partial charge is 0.340 e. The third kappa shape index (κ3) is 4.83. The summed E-state index contributed by atoms with van der Waals surface area (Å²) in [6.07, 6.45) is 0. The molecule has 0 saturated heterocycles. The van der Waals surface area contributed by atoms with E-state index in [2.05, 4.69) is 59.6 Å². The monoisotopic (exact) mass is 357 g/mol. The topological polar surface area (TPSA) is 73.6 Å². The zero-order chi connectivity index (χ0) is 19.4. The predicted molar refractivity (Wildman–Crippen MR) is 110 cm³/mol. The molecule has 1 aromatic heterocycles. The summed E-state index contributed by atoms with van der Waals surface area (Å²) in [6.45, 7) is 8.50. The summed E-state index contributed by atoms with van der Waals surface area (Å²) < 4.78 is 0. The quantitative estimate of drug-likeness (QED) is 0.650. The first-order valence-corrected chi connectivity index (χ1v) is 8.84. The Hall–Kier alpha value is -3.39. The molecule has 2 aromatic carbocycles. The lowest BCUT2D eigenvalue weighted by molar-refractivity contribution is 0.590. The van der Waals surface area contributed by atoms with Crippen molar-refractivity contribution in [3.8, 4) is 6.07 Å². The van der Waals surface area contributed by atoms with Gasteiger partial charge in [0, 0.05) is 23.1 Å². The van der Waals surface area contributed by atoms with Gasteiger partial charge in [-0.2, -0.15) is 10.2 Å². The van der Waals surface area contributed by atoms with E-state index in [9.17, 15) is 0 Å². The van der Waals surface area contributed by atoms with Crippen molar-refractivity contribution in [3.05, 3.63) is 71.4 Å². The maximum atomic E-state index is 9.04. The molecule has 0 radical (unpaired) electrons. The van der Waals surface area contributed by atoms with Crippen molar-refractivity contribution in [1.29, 1.82) is 5.26 Å². The van der Waals surface area contributed by atoms with Crippen LogP contribution in [-0.2, 0) is 5.41 Å². The average molecular weight is 357 g/mol. The van der Waals surface area contributed by atoms with Crippen molar-refractivity contribution in [3.63, 3.8) is 0 Å². The molecule has 0 atom stereocenters. The molecule has 5 heteroatoms. The van der Waals surface area contributed by atoms with Gasteiger partial charge < -0.3 is 10.6 Å². The zero-order valence-electron chi connectivity index (χ0n) is 16.0. The molecule has 0 spiro atoms. The Kier molecular flexibility index (Phi) is 5.09. The maximum absolute atomic E-state index is 9.04. The van der Waals surface area contributed by atoms with E-state index in [1.165, 1.54) is 5.56 Å². The molecular formula is C22H23N5. The van der Waals surface area contributed by atoms with Crippen LogP contribution in [-0.4, -0.2) is 9.97 Å². The third-order valence-electron chi connectivity index (χ3n) is 4.13. The molecule has 0 aliphatic carbocycles. The maximum Gasteiger partial charge on any atom is 0.229 e. The van der Waals surface area contributed by atoms with Gasteiger partial charge in [0.05, 0.1) is 11.6 Å². The molecule has 136 valence electrons. The lowest BCUT2D eigenvalue weighted by Crippen LogP contribution is -2.10. The number of anilines is 4. The van der Waals surface area contributed by atoms with Crippen LogP contribution in [0.25, 0.3) is 0 Å². The number of benzene rings is 2. The van der Waals surface area contributed by atoms with E-state index >= 15 is 0 Å². The number of rotatable bonds is 4. The molecule has 0 unspecified atom stereocenters. The van der Waals surface area contributed by atoms with Crippen molar-refractivity contribution in [2.75, 3.05) is 10.6 Å². The van der Waals surface area contributed by atoms with Gasteiger partial charge in [0.1, 0.15) is 5.82 Å². The van der Waals surface area contributed by atoms with Crippen molar-refractivity contribution >= 4 is 23.1 Å². The summed E-state index contributed by atoms with van der Waals surface area (Å²) in [7, 11) is 0. The van der Waals surface area contributed by atoms with Gasteiger partial charge in [0.25, 0.3) is 0 Å². The van der Waals surface area contributed by atoms with Crippen LogP contribution >= 0.6 is 0 Å². The van der Waals surface area contributed by atoms with Crippen molar-refractivity contribution in [2.45, 2.75) is 33.1 Å². The Balaban J connectivity index is 1.80. The second kappa shape index (κ2) is 7.46. The summed E-state index contributed by atoms with van der Waals surface area (Å²) in [5.74, 6) is 1.20. The Labute approximate surface area is 160 Å². The number of nitrogens with zero attached hydrogens (tertiary/aromatic N) is 3. The van der Waals surface area contributed by atoms with Gasteiger partial charge in [-0.15, -0.1) is 0 Å². The van der Waals surface area contributed by atoms with Crippen LogP contribution in [0.15, 0.2) is 54.6 Å². The minimum absolute atomic E-state index is 0.118. The lowest BCUT2D eigenvalue weighted by Gasteiger charge is -2.19. The molecule has 0 fully saturated rings. The highest BCUT2D eigenvalue weighted by Gasteiger charge is 2.13. The molecule has 0 aliphatic heterocycles. The fourth-order valence-corrected chi connectivity index (χ4v) is 2.69. The summed E-state index contributed by atoms with van der Waals surface area (Å²) in [5, 5.41) is 15.5. The van der Waals surface area contributed by atoms with Crippen LogP contribution in [0, 0.1) is 18.3 Å². The Morgan fingerprint density at radius 3 is 2.30 bits per heavy atom. The highest BCUT2D eigenvalue weighted by molar-refractivity contribution is 5.61. The summed E-state index contributed by atoms with van der Waals surface area (Å²) in [4.78, 5) is 9.00. The molecule has 27 heavy (non-hydrogen) atoms. The van der Waals surface area contributed by atoms with E-state index in [1.54, 1.807) is 12.1 Å². The Morgan fingerprint density at radius 2 is 1.63 bits per heavy atom. The van der Waals surface area contributed by atoms with Crippen molar-refractivity contribution < 1.29 is 0 Å². The standard InChI is InChI=1S/C22H23N5/c1-15-12-20(25-19-7-5-6-16(13-19)14-23)27-21(24-15)26-18-10-8-17(9-11-18)22(2,3)4/h5-13H,1-4H3,(H2,24,25,26,27). The van der Waals surface area contributed by atoms with Gasteiger partial charge in [-0.05, 0) is 48.2 Å². The normalized spacial score (nSPS) is 10.9. The first-order valence-electron chi connectivity index (χ1n) is 8.84. The van der Waals surface area contributed by atoms with Gasteiger partial charge in [0.15, 0.2) is 0 Å². The molecule has 0 aliphatic rings. The summed E-state index contributed by atoms with van der Waals surface area (Å²) in [6, 6.07) is 19.6. The average Bonchev–Trinajstić information content (AvgIpc) is 2.61. The van der Waals surface area contributed by atoms with E-state index in [-0.39, 0.29) is 5.41 Å². The summed E-state index contributed by atoms with van der Waals surface area (Å²) in [5.41, 5.74) is 4.59. The zero-order valence-corrected chi connectivity index (χ0v) is 16.0. The van der Waals surface area contributed by atoms with Gasteiger partial charge in [-0.3, -0.25) is 0 Å². The third-order valence-corrected chi connectivity index (χ3v) is 4.13. The number of hydrogen-bond acceptors (Lipinski definition) is 5. The molecule has 2 N–H and O–H groups in total. The molecule has 0 bridgehead atoms. The van der Waals surface area contributed by atoms with Crippen LogP contribution in [0.4, 0.5) is 23.1 Å². The fraction of sp³-hybridized carbons (Fsp3) is 0.227. The van der Waals surface area contributed by atoms with Crippen LogP contribution in [0.2, 0.25) is 0 Å². The van der Waals surface area contributed by atoms with Crippen molar-refractivity contribution in [2.24, 2.45) is 0 Å². The predicted octanol–water partition coefficient (Wildman–Crippen LogP) is 5.44. The van der Waals surface area contributed by atoms with Gasteiger partial charge in [-0.25, -0.2) is 4.98 Å². The van der Waals surface area contributed by atoms with E-state index in [4.69, 9.17) is 5.26 Å². The molecule has 0 saturated carbocycles. The lowest BCUT2D eigenvalue weighted by atomic mass is 9.87. The van der Waals surface area contributed by atoms with Gasteiger partial charge >= 0.3 is 0 Å². The number of nitrogens with one attached hydrogen (secondary N) is 2. The first-order chi connectivity index (χ1) is 12.8. The molecule has 0 amide bonds. The number of hydrogen-bond donors (Lipinski definition) is 2. The smallest absolute Gasteiger partial charge is 0.229 e. The fourth-order valence-electron chi connectivity index (χ4n) is 2.69.